The van der Waals surface area contributed by atoms with Crippen molar-refractivity contribution in [3.8, 4) is 11.8 Å². The van der Waals surface area contributed by atoms with Gasteiger partial charge in [-0.2, -0.15) is 5.26 Å². The highest BCUT2D eigenvalue weighted by molar-refractivity contribution is 8.02. The molecular weight excluding hydrogens is 376 g/mol. The Balaban J connectivity index is 2.64. The maximum atomic E-state index is 12.1. The molecule has 0 aliphatic carbocycles. The lowest BCUT2D eigenvalue weighted by Crippen LogP contribution is -2.32. The molecular formula is C18H23ClN2O4S. The number of carbonyl (C=O) groups excluding carboxylic acids is 1. The van der Waals surface area contributed by atoms with Crippen LogP contribution in [0.2, 0.25) is 5.02 Å². The molecule has 26 heavy (non-hydrogen) atoms. The van der Waals surface area contributed by atoms with E-state index in [0.717, 1.165) is 0 Å². The normalized spacial score (nSPS) is 12.6. The van der Waals surface area contributed by atoms with Gasteiger partial charge in [-0.15, -0.1) is 11.8 Å². The highest BCUT2D eigenvalue weighted by Crippen LogP contribution is 2.18. The van der Waals surface area contributed by atoms with Gasteiger partial charge in [-0.1, -0.05) is 17.7 Å². The largest absolute Gasteiger partial charge is 0.491 e. The molecule has 0 saturated heterocycles. The van der Waals surface area contributed by atoms with Gasteiger partial charge in [0.2, 0.25) is 0 Å². The molecule has 8 heteroatoms. The number of rotatable bonds is 11. The van der Waals surface area contributed by atoms with E-state index in [-0.39, 0.29) is 18.2 Å². The van der Waals surface area contributed by atoms with Crippen LogP contribution in [-0.2, 0) is 14.3 Å². The van der Waals surface area contributed by atoms with Gasteiger partial charge in [0, 0.05) is 11.6 Å². The average molecular weight is 399 g/mol. The maximum Gasteiger partial charge on any atom is 0.351 e. The van der Waals surface area contributed by atoms with Crippen LogP contribution < -0.4 is 10.1 Å². The number of nitriles is 1. The fourth-order valence-corrected chi connectivity index (χ4v) is 2.71. The number of hydrogen-bond donors (Lipinski definition) is 1. The fourth-order valence-electron chi connectivity index (χ4n) is 1.88. The number of hydrogen-bond acceptors (Lipinski definition) is 7. The van der Waals surface area contributed by atoms with Gasteiger partial charge < -0.3 is 19.5 Å². The average Bonchev–Trinajstić information content (AvgIpc) is 2.63. The summed E-state index contributed by atoms with van der Waals surface area (Å²) in [4.78, 5) is 12.1. The Hall–Kier alpha value is -1.88. The number of nitrogens with zero attached hydrogens (tertiary/aromatic N) is 1. The zero-order valence-electron chi connectivity index (χ0n) is 15.1. The van der Waals surface area contributed by atoms with Crippen molar-refractivity contribution in [2.75, 3.05) is 32.7 Å². The molecule has 0 bridgehead atoms. The number of benzene rings is 1. The summed E-state index contributed by atoms with van der Waals surface area (Å²) in [5.74, 6) is -0.0244. The quantitative estimate of drug-likeness (QED) is 0.265. The summed E-state index contributed by atoms with van der Waals surface area (Å²) < 4.78 is 15.8. The van der Waals surface area contributed by atoms with Crippen LogP contribution in [0.5, 0.6) is 5.75 Å². The summed E-state index contributed by atoms with van der Waals surface area (Å²) in [7, 11) is 0. The van der Waals surface area contributed by atoms with E-state index in [4.69, 9.17) is 25.8 Å². The molecule has 0 saturated carbocycles. The van der Waals surface area contributed by atoms with Gasteiger partial charge in [0.1, 0.15) is 25.0 Å². The van der Waals surface area contributed by atoms with Crippen molar-refractivity contribution in [1.29, 1.82) is 5.26 Å². The van der Waals surface area contributed by atoms with Crippen molar-refractivity contribution in [3.63, 3.8) is 0 Å². The maximum absolute atomic E-state index is 12.1. The predicted octanol–water partition coefficient (Wildman–Crippen LogP) is 3.37. The second-order valence-corrected chi connectivity index (χ2v) is 6.42. The Kier molecular flexibility index (Phi) is 10.6. The van der Waals surface area contributed by atoms with Gasteiger partial charge in [-0.25, -0.2) is 4.79 Å². The number of esters is 1. The first kappa shape index (κ1) is 22.2. The van der Waals surface area contributed by atoms with E-state index in [1.807, 2.05) is 19.9 Å². The smallest absolute Gasteiger partial charge is 0.351 e. The minimum atomic E-state index is -0.674. The number of thioether (sulfide) groups is 1. The molecule has 6 nitrogen and oxygen atoms in total. The van der Waals surface area contributed by atoms with Crippen LogP contribution in [0.3, 0.4) is 0 Å². The van der Waals surface area contributed by atoms with E-state index < -0.39 is 5.97 Å². The summed E-state index contributed by atoms with van der Waals surface area (Å²) in [6.07, 6.45) is 1.78. The van der Waals surface area contributed by atoms with Crippen molar-refractivity contribution in [1.82, 2.24) is 5.32 Å². The Morgan fingerprint density at radius 3 is 2.81 bits per heavy atom. The highest BCUT2D eigenvalue weighted by atomic mass is 35.5. The number of halogens is 1. The Bertz CT molecular complexity index is 661. The molecule has 1 atom stereocenters. The van der Waals surface area contributed by atoms with Crippen molar-refractivity contribution in [2.45, 2.75) is 19.9 Å². The van der Waals surface area contributed by atoms with E-state index in [1.165, 1.54) is 11.8 Å². The molecule has 0 aromatic heterocycles. The molecule has 0 heterocycles. The summed E-state index contributed by atoms with van der Waals surface area (Å²) in [6, 6.07) is 8.85. The van der Waals surface area contributed by atoms with Crippen LogP contribution >= 0.6 is 23.4 Å². The zero-order chi connectivity index (χ0) is 19.4. The van der Waals surface area contributed by atoms with Crippen LogP contribution in [0.4, 0.5) is 0 Å². The molecule has 1 rings (SSSR count). The van der Waals surface area contributed by atoms with Crippen molar-refractivity contribution >= 4 is 29.3 Å². The predicted molar refractivity (Wildman–Crippen MR) is 103 cm³/mol. The SMILES string of the molecule is CCOCCOC(=O)/C(C#N)=C(\NC(C)COc1cccc(Cl)c1)SC. The molecule has 0 spiro atoms. The van der Waals surface area contributed by atoms with Crippen LogP contribution in [0.25, 0.3) is 0 Å². The lowest BCUT2D eigenvalue weighted by Gasteiger charge is -2.18. The van der Waals surface area contributed by atoms with Gasteiger partial charge in [-0.3, -0.25) is 0 Å². The molecule has 142 valence electrons. The Morgan fingerprint density at radius 2 is 2.19 bits per heavy atom. The summed E-state index contributed by atoms with van der Waals surface area (Å²) in [6.45, 7) is 5.02. The monoisotopic (exact) mass is 398 g/mol. The molecule has 1 N–H and O–H groups in total. The molecule has 0 radical (unpaired) electrons. The van der Waals surface area contributed by atoms with Crippen LogP contribution in [0, 0.1) is 11.3 Å². The first-order valence-corrected chi connectivity index (χ1v) is 9.70. The fraction of sp³-hybridized carbons (Fsp3) is 0.444. The standard InChI is InChI=1S/C18H23ClN2O4S/c1-4-23-8-9-24-18(22)16(11-20)17(26-3)21-13(2)12-25-15-7-5-6-14(19)10-15/h5-7,10,13,21H,4,8-9,12H2,1-3H3/b17-16+. The van der Waals surface area contributed by atoms with E-state index >= 15 is 0 Å². The summed E-state index contributed by atoms with van der Waals surface area (Å²) in [5.41, 5.74) is -0.0661. The summed E-state index contributed by atoms with van der Waals surface area (Å²) in [5, 5.41) is 13.5. The van der Waals surface area contributed by atoms with Crippen LogP contribution in [0.1, 0.15) is 13.8 Å². The molecule has 0 amide bonds. The lowest BCUT2D eigenvalue weighted by molar-refractivity contribution is -0.140. The Labute approximate surface area is 163 Å². The number of nitrogens with one attached hydrogen (secondary N) is 1. The number of ether oxygens (including phenoxy) is 3. The third kappa shape index (κ3) is 8.00. The highest BCUT2D eigenvalue weighted by Gasteiger charge is 2.18. The van der Waals surface area contributed by atoms with Gasteiger partial charge in [0.05, 0.1) is 17.7 Å². The zero-order valence-corrected chi connectivity index (χ0v) is 16.7. The first-order valence-electron chi connectivity index (χ1n) is 8.09. The second kappa shape index (κ2) is 12.5. The second-order valence-electron chi connectivity index (χ2n) is 5.17. The molecule has 1 aromatic rings. The van der Waals surface area contributed by atoms with Crippen LogP contribution in [0.15, 0.2) is 34.9 Å². The molecule has 0 fully saturated rings. The van der Waals surface area contributed by atoms with Gasteiger partial charge in [0.25, 0.3) is 0 Å². The first-order chi connectivity index (χ1) is 12.5. The minimum Gasteiger partial charge on any atom is -0.491 e. The van der Waals surface area contributed by atoms with E-state index in [0.29, 0.717) is 35.6 Å². The molecule has 1 unspecified atom stereocenters. The van der Waals surface area contributed by atoms with Gasteiger partial charge in [-0.05, 0) is 38.3 Å². The third-order valence-electron chi connectivity index (χ3n) is 3.09. The third-order valence-corrected chi connectivity index (χ3v) is 4.05. The van der Waals surface area contributed by atoms with Crippen molar-refractivity contribution < 1.29 is 19.0 Å². The van der Waals surface area contributed by atoms with Crippen LogP contribution in [-0.4, -0.2) is 44.7 Å². The van der Waals surface area contributed by atoms with E-state index in [2.05, 4.69) is 5.32 Å². The van der Waals surface area contributed by atoms with Gasteiger partial charge in [0.15, 0.2) is 5.57 Å². The molecule has 1 aromatic carbocycles. The lowest BCUT2D eigenvalue weighted by atomic mass is 10.3. The molecule has 0 aliphatic rings. The Morgan fingerprint density at radius 1 is 1.42 bits per heavy atom. The van der Waals surface area contributed by atoms with E-state index in [9.17, 15) is 10.1 Å². The molecule has 0 aliphatic heterocycles. The van der Waals surface area contributed by atoms with Gasteiger partial charge >= 0.3 is 5.97 Å². The van der Waals surface area contributed by atoms with E-state index in [1.54, 1.807) is 30.5 Å². The topological polar surface area (TPSA) is 80.6 Å². The van der Waals surface area contributed by atoms with Crippen molar-refractivity contribution in [2.24, 2.45) is 0 Å². The number of carbonyl (C=O) groups is 1. The minimum absolute atomic E-state index is 0.0661. The van der Waals surface area contributed by atoms with Crippen molar-refractivity contribution in [3.05, 3.63) is 39.9 Å². The summed E-state index contributed by atoms with van der Waals surface area (Å²) >= 11 is 7.19.